The summed E-state index contributed by atoms with van der Waals surface area (Å²) in [4.78, 5) is 20.2. The van der Waals surface area contributed by atoms with Crippen molar-refractivity contribution in [3.63, 3.8) is 0 Å². The summed E-state index contributed by atoms with van der Waals surface area (Å²) in [7, 11) is 8.95. The minimum absolute atomic E-state index is 0.0861. The number of amides is 2. The van der Waals surface area contributed by atoms with Crippen LogP contribution in [0.3, 0.4) is 0 Å². The molecule has 0 bridgehead atoms. The lowest BCUT2D eigenvalue weighted by atomic mass is 10.5. The van der Waals surface area contributed by atoms with Gasteiger partial charge in [-0.25, -0.2) is 4.79 Å². The maximum Gasteiger partial charge on any atom is 0.316 e. The van der Waals surface area contributed by atoms with Gasteiger partial charge in [0.05, 0.1) is 12.0 Å². The van der Waals surface area contributed by atoms with E-state index in [1.807, 2.05) is 19.0 Å². The molecule has 0 saturated heterocycles. The van der Waals surface area contributed by atoms with Crippen LogP contribution < -0.4 is 20.3 Å². The first-order valence-corrected chi connectivity index (χ1v) is 7.14. The van der Waals surface area contributed by atoms with Gasteiger partial charge in [0.1, 0.15) is 0 Å². The molecule has 114 valence electrons. The van der Waals surface area contributed by atoms with Crippen molar-refractivity contribution in [1.82, 2.24) is 20.5 Å². The Morgan fingerprint density at radius 1 is 1.30 bits per heavy atom. The largest absolute Gasteiger partial charge is 0.480 e. The molecule has 2 amide bonds. The van der Waals surface area contributed by atoms with E-state index in [2.05, 4.69) is 15.6 Å². The van der Waals surface area contributed by atoms with Gasteiger partial charge in [-0.1, -0.05) is 11.3 Å². The van der Waals surface area contributed by atoms with Crippen molar-refractivity contribution in [2.45, 2.75) is 6.54 Å². The van der Waals surface area contributed by atoms with Crippen molar-refractivity contribution in [3.8, 4) is 5.88 Å². The number of nitrogens with one attached hydrogen (secondary N) is 2. The number of carbonyl (C=O) groups excluding carboxylic acids is 1. The first-order valence-electron chi connectivity index (χ1n) is 6.32. The normalized spacial score (nSPS) is 10.2. The topological polar surface area (TPSA) is 69.7 Å². The molecule has 0 fully saturated rings. The maximum atomic E-state index is 11.3. The summed E-state index contributed by atoms with van der Waals surface area (Å²) < 4.78 is 5.26. The number of hydrogen-bond acceptors (Lipinski definition) is 6. The summed E-state index contributed by atoms with van der Waals surface area (Å²) >= 11 is 1.59. The van der Waals surface area contributed by atoms with E-state index in [-0.39, 0.29) is 6.03 Å². The number of carbonyl (C=O) groups is 1. The van der Waals surface area contributed by atoms with E-state index in [4.69, 9.17) is 4.74 Å². The lowest BCUT2D eigenvalue weighted by Gasteiger charge is -2.12. The molecular formula is C12H23N5O2S. The molecule has 0 radical (unpaired) electrons. The van der Waals surface area contributed by atoms with Crippen LogP contribution in [0.1, 0.15) is 4.88 Å². The minimum atomic E-state index is -0.0861. The Morgan fingerprint density at radius 2 is 2.00 bits per heavy atom. The third kappa shape index (κ3) is 4.86. The fourth-order valence-corrected chi connectivity index (χ4v) is 2.33. The van der Waals surface area contributed by atoms with Gasteiger partial charge in [-0.3, -0.25) is 0 Å². The van der Waals surface area contributed by atoms with E-state index in [9.17, 15) is 4.79 Å². The number of thiazole rings is 1. The molecule has 8 heteroatoms. The zero-order valence-electron chi connectivity index (χ0n) is 12.7. The summed E-state index contributed by atoms with van der Waals surface area (Å²) in [6.07, 6.45) is 0. The maximum absolute atomic E-state index is 11.3. The lowest BCUT2D eigenvalue weighted by molar-refractivity contribution is 0.217. The molecule has 0 spiro atoms. The highest BCUT2D eigenvalue weighted by Gasteiger charge is 2.12. The van der Waals surface area contributed by atoms with Gasteiger partial charge in [-0.05, 0) is 0 Å². The summed E-state index contributed by atoms with van der Waals surface area (Å²) in [6.45, 7) is 1.95. The Bertz CT molecular complexity index is 433. The van der Waals surface area contributed by atoms with E-state index < -0.39 is 0 Å². The average molecular weight is 301 g/mol. The molecule has 1 aromatic rings. The quantitative estimate of drug-likeness (QED) is 0.721. The number of aromatic nitrogens is 1. The van der Waals surface area contributed by atoms with Crippen molar-refractivity contribution >= 4 is 22.5 Å². The predicted octanol–water partition coefficient (Wildman–Crippen LogP) is 0.579. The van der Waals surface area contributed by atoms with Gasteiger partial charge in [-0.2, -0.15) is 4.98 Å². The van der Waals surface area contributed by atoms with Gasteiger partial charge in [0, 0.05) is 47.8 Å². The van der Waals surface area contributed by atoms with Crippen molar-refractivity contribution in [3.05, 3.63) is 4.88 Å². The van der Waals surface area contributed by atoms with Gasteiger partial charge in [0.25, 0.3) is 0 Å². The third-order valence-corrected chi connectivity index (χ3v) is 3.70. The molecule has 2 N–H and O–H groups in total. The van der Waals surface area contributed by atoms with E-state index in [1.165, 1.54) is 4.90 Å². The van der Waals surface area contributed by atoms with Crippen molar-refractivity contribution in [1.29, 1.82) is 0 Å². The molecule has 20 heavy (non-hydrogen) atoms. The zero-order valence-corrected chi connectivity index (χ0v) is 13.5. The molecule has 1 rings (SSSR count). The van der Waals surface area contributed by atoms with Crippen LogP contribution in [0, 0.1) is 0 Å². The fraction of sp³-hybridized carbons (Fsp3) is 0.667. The number of methoxy groups -OCH3 is 1. The summed E-state index contributed by atoms with van der Waals surface area (Å²) in [5.41, 5.74) is 0. The van der Waals surface area contributed by atoms with Gasteiger partial charge in [-0.15, -0.1) is 0 Å². The standard InChI is InChI=1S/C12H23N5O2S/c1-16(2)11(18)14-7-6-13-8-9-10(19-5)15-12(20-9)17(3)4/h13H,6-8H2,1-5H3,(H,14,18). The number of anilines is 1. The second-order valence-electron chi connectivity index (χ2n) is 4.63. The van der Waals surface area contributed by atoms with Crippen LogP contribution in [-0.4, -0.2) is 64.3 Å². The van der Waals surface area contributed by atoms with E-state index in [0.717, 1.165) is 10.0 Å². The summed E-state index contributed by atoms with van der Waals surface area (Å²) in [5.74, 6) is 0.656. The molecule has 0 saturated carbocycles. The number of rotatable bonds is 7. The van der Waals surface area contributed by atoms with Crippen molar-refractivity contribution in [2.24, 2.45) is 0 Å². The van der Waals surface area contributed by atoms with Crippen LogP contribution in [0.25, 0.3) is 0 Å². The number of nitrogens with zero attached hydrogens (tertiary/aromatic N) is 3. The summed E-state index contributed by atoms with van der Waals surface area (Å²) in [5, 5.41) is 6.97. The molecule has 1 heterocycles. The van der Waals surface area contributed by atoms with Crippen molar-refractivity contribution in [2.75, 3.05) is 53.3 Å². The monoisotopic (exact) mass is 301 g/mol. The van der Waals surface area contributed by atoms with E-state index >= 15 is 0 Å². The Balaban J connectivity index is 2.36. The molecule has 0 aliphatic heterocycles. The SMILES string of the molecule is COc1nc(N(C)C)sc1CNCCNC(=O)N(C)C. The Hall–Kier alpha value is -1.54. The number of ether oxygens (including phenoxy) is 1. The molecular weight excluding hydrogens is 278 g/mol. The van der Waals surface area contributed by atoms with E-state index in [0.29, 0.717) is 25.5 Å². The first kappa shape index (κ1) is 16.5. The second kappa shape index (κ2) is 7.91. The molecule has 0 aromatic carbocycles. The van der Waals surface area contributed by atoms with Crippen LogP contribution in [0.2, 0.25) is 0 Å². The second-order valence-corrected chi connectivity index (χ2v) is 5.69. The van der Waals surface area contributed by atoms with E-state index in [1.54, 1.807) is 32.5 Å². The highest BCUT2D eigenvalue weighted by Crippen LogP contribution is 2.29. The van der Waals surface area contributed by atoms with Gasteiger partial charge in [0.15, 0.2) is 5.13 Å². The fourth-order valence-electron chi connectivity index (χ4n) is 1.41. The zero-order chi connectivity index (χ0) is 15.1. The highest BCUT2D eigenvalue weighted by molar-refractivity contribution is 7.15. The van der Waals surface area contributed by atoms with Crippen LogP contribution in [0.5, 0.6) is 5.88 Å². The van der Waals surface area contributed by atoms with Gasteiger partial charge >= 0.3 is 6.03 Å². The number of urea groups is 1. The summed E-state index contributed by atoms with van der Waals surface area (Å²) in [6, 6.07) is -0.0861. The van der Waals surface area contributed by atoms with Crippen LogP contribution in [-0.2, 0) is 6.54 Å². The Kier molecular flexibility index (Phi) is 6.53. The van der Waals surface area contributed by atoms with Crippen molar-refractivity contribution < 1.29 is 9.53 Å². The predicted molar refractivity (Wildman–Crippen MR) is 81.8 cm³/mol. The molecule has 1 aromatic heterocycles. The lowest BCUT2D eigenvalue weighted by Crippen LogP contribution is -2.38. The van der Waals surface area contributed by atoms with Gasteiger partial charge in [0.2, 0.25) is 5.88 Å². The third-order valence-electron chi connectivity index (χ3n) is 2.50. The molecule has 0 atom stereocenters. The van der Waals surface area contributed by atoms with Crippen LogP contribution >= 0.6 is 11.3 Å². The molecule has 7 nitrogen and oxygen atoms in total. The average Bonchev–Trinajstić information content (AvgIpc) is 2.81. The first-order chi connectivity index (χ1) is 9.45. The Labute approximate surface area is 123 Å². The van der Waals surface area contributed by atoms with Crippen LogP contribution in [0.15, 0.2) is 0 Å². The molecule has 0 unspecified atom stereocenters. The highest BCUT2D eigenvalue weighted by atomic mass is 32.1. The minimum Gasteiger partial charge on any atom is -0.480 e. The van der Waals surface area contributed by atoms with Crippen LogP contribution in [0.4, 0.5) is 9.93 Å². The molecule has 0 aliphatic carbocycles. The molecule has 0 aliphatic rings. The Morgan fingerprint density at radius 3 is 2.55 bits per heavy atom. The smallest absolute Gasteiger partial charge is 0.316 e. The van der Waals surface area contributed by atoms with Gasteiger partial charge < -0.3 is 25.2 Å². The number of hydrogen-bond donors (Lipinski definition) is 2.